The summed E-state index contributed by atoms with van der Waals surface area (Å²) in [6.45, 7) is 9.50. The fourth-order valence-electron chi connectivity index (χ4n) is 3.54. The molecule has 23 heavy (non-hydrogen) atoms. The molecule has 0 aliphatic carbocycles. The van der Waals surface area contributed by atoms with E-state index in [0.717, 1.165) is 0 Å². The third-order valence-electron chi connectivity index (χ3n) is 5.05. The van der Waals surface area contributed by atoms with Crippen LogP contribution >= 0.6 is 0 Å². The minimum Gasteiger partial charge on any atom is -0.301 e. The Bertz CT molecular complexity index is 519. The lowest BCUT2D eigenvalue weighted by Gasteiger charge is -2.34. The molecule has 0 radical (unpaired) electrons. The summed E-state index contributed by atoms with van der Waals surface area (Å²) in [4.78, 5) is 5.17. The lowest BCUT2D eigenvalue weighted by atomic mass is 9.88. The Kier molecular flexibility index (Phi) is 5.84. The predicted molar refractivity (Wildman–Crippen MR) is 97.9 cm³/mol. The lowest BCUT2D eigenvalue weighted by molar-refractivity contribution is 0.135. The van der Waals surface area contributed by atoms with E-state index < -0.39 is 0 Å². The summed E-state index contributed by atoms with van der Waals surface area (Å²) in [5.74, 6) is 0.501. The molecule has 1 fully saturated rings. The molecule has 0 N–H and O–H groups in total. The number of likely N-dealkylation sites (N-methyl/N-ethyl adjacent to an activating group) is 1. The van der Waals surface area contributed by atoms with Crippen molar-refractivity contribution >= 4 is 0 Å². The SMILES string of the molecule is CCN1CCN(CCC(c2ccccc2)c2ccccc2)CC1. The van der Waals surface area contributed by atoms with Gasteiger partial charge in [-0.05, 0) is 30.6 Å². The van der Waals surface area contributed by atoms with E-state index in [1.54, 1.807) is 0 Å². The second-order valence-corrected chi connectivity index (χ2v) is 6.44. The molecule has 0 atom stereocenters. The molecule has 3 rings (SSSR count). The largest absolute Gasteiger partial charge is 0.301 e. The summed E-state index contributed by atoms with van der Waals surface area (Å²) >= 11 is 0. The number of rotatable bonds is 6. The van der Waals surface area contributed by atoms with E-state index in [4.69, 9.17) is 0 Å². The highest BCUT2D eigenvalue weighted by atomic mass is 15.3. The van der Waals surface area contributed by atoms with Gasteiger partial charge in [0.05, 0.1) is 0 Å². The Hall–Kier alpha value is -1.64. The van der Waals surface area contributed by atoms with Crippen molar-refractivity contribution in [2.24, 2.45) is 0 Å². The Morgan fingerprint density at radius 2 is 1.22 bits per heavy atom. The maximum Gasteiger partial charge on any atom is 0.0110 e. The minimum absolute atomic E-state index is 0.501. The van der Waals surface area contributed by atoms with Crippen molar-refractivity contribution in [1.82, 2.24) is 9.80 Å². The van der Waals surface area contributed by atoms with Crippen LogP contribution in [0.5, 0.6) is 0 Å². The van der Waals surface area contributed by atoms with Crippen molar-refractivity contribution in [3.63, 3.8) is 0 Å². The Morgan fingerprint density at radius 1 is 0.739 bits per heavy atom. The molecule has 0 spiro atoms. The number of hydrogen-bond donors (Lipinski definition) is 0. The van der Waals surface area contributed by atoms with Crippen LogP contribution in [0.15, 0.2) is 60.7 Å². The fraction of sp³-hybridized carbons (Fsp3) is 0.429. The van der Waals surface area contributed by atoms with Gasteiger partial charge in [0.15, 0.2) is 0 Å². The molecule has 1 aliphatic rings. The summed E-state index contributed by atoms with van der Waals surface area (Å²) in [7, 11) is 0. The summed E-state index contributed by atoms with van der Waals surface area (Å²) in [6.07, 6.45) is 1.19. The molecule has 0 aromatic heterocycles. The number of benzene rings is 2. The van der Waals surface area contributed by atoms with Gasteiger partial charge >= 0.3 is 0 Å². The van der Waals surface area contributed by atoms with Crippen LogP contribution in [0.1, 0.15) is 30.4 Å². The summed E-state index contributed by atoms with van der Waals surface area (Å²) in [6, 6.07) is 21.9. The van der Waals surface area contributed by atoms with Crippen LogP contribution in [0.2, 0.25) is 0 Å². The zero-order valence-electron chi connectivity index (χ0n) is 14.2. The third-order valence-corrected chi connectivity index (χ3v) is 5.05. The molecular weight excluding hydrogens is 280 g/mol. The van der Waals surface area contributed by atoms with Crippen LogP contribution in [-0.2, 0) is 0 Å². The van der Waals surface area contributed by atoms with Gasteiger partial charge in [0.25, 0.3) is 0 Å². The molecule has 2 aromatic rings. The normalized spacial score (nSPS) is 16.8. The second-order valence-electron chi connectivity index (χ2n) is 6.44. The van der Waals surface area contributed by atoms with Crippen LogP contribution in [0, 0.1) is 0 Å². The van der Waals surface area contributed by atoms with Crippen LogP contribution in [-0.4, -0.2) is 49.1 Å². The lowest BCUT2D eigenvalue weighted by Crippen LogP contribution is -2.46. The number of piperazine rings is 1. The van der Waals surface area contributed by atoms with E-state index in [1.165, 1.54) is 56.8 Å². The van der Waals surface area contributed by atoms with Gasteiger partial charge in [0.2, 0.25) is 0 Å². The highest BCUT2D eigenvalue weighted by Crippen LogP contribution is 2.28. The van der Waals surface area contributed by atoms with E-state index in [1.807, 2.05) is 0 Å². The standard InChI is InChI=1S/C21H28N2/c1-2-22-15-17-23(18-16-22)14-13-21(19-9-5-3-6-10-19)20-11-7-4-8-12-20/h3-12,21H,2,13-18H2,1H3. The Morgan fingerprint density at radius 3 is 1.70 bits per heavy atom. The molecule has 0 amide bonds. The first-order valence-corrected chi connectivity index (χ1v) is 8.91. The number of nitrogens with zero attached hydrogens (tertiary/aromatic N) is 2. The zero-order chi connectivity index (χ0) is 15.9. The van der Waals surface area contributed by atoms with Crippen molar-refractivity contribution in [3.05, 3.63) is 71.8 Å². The zero-order valence-corrected chi connectivity index (χ0v) is 14.2. The third kappa shape index (κ3) is 4.43. The summed E-state index contributed by atoms with van der Waals surface area (Å²) in [5.41, 5.74) is 2.87. The van der Waals surface area contributed by atoms with E-state index >= 15 is 0 Å². The number of hydrogen-bond acceptors (Lipinski definition) is 2. The highest BCUT2D eigenvalue weighted by Gasteiger charge is 2.19. The summed E-state index contributed by atoms with van der Waals surface area (Å²) < 4.78 is 0. The molecule has 122 valence electrons. The van der Waals surface area contributed by atoms with E-state index in [-0.39, 0.29) is 0 Å². The van der Waals surface area contributed by atoms with Crippen LogP contribution in [0.25, 0.3) is 0 Å². The average Bonchev–Trinajstić information content (AvgIpc) is 2.64. The molecule has 2 heteroatoms. The smallest absolute Gasteiger partial charge is 0.0110 e. The van der Waals surface area contributed by atoms with Gasteiger partial charge in [-0.3, -0.25) is 0 Å². The first-order chi connectivity index (χ1) is 11.4. The van der Waals surface area contributed by atoms with Crippen LogP contribution in [0.3, 0.4) is 0 Å². The van der Waals surface area contributed by atoms with Gasteiger partial charge in [0.1, 0.15) is 0 Å². The van der Waals surface area contributed by atoms with E-state index in [2.05, 4.69) is 77.4 Å². The van der Waals surface area contributed by atoms with Crippen LogP contribution < -0.4 is 0 Å². The van der Waals surface area contributed by atoms with Gasteiger partial charge in [0, 0.05) is 32.1 Å². The first-order valence-electron chi connectivity index (χ1n) is 8.91. The Balaban J connectivity index is 1.66. The molecule has 2 nitrogen and oxygen atoms in total. The van der Waals surface area contributed by atoms with Gasteiger partial charge < -0.3 is 9.80 Å². The minimum atomic E-state index is 0.501. The first kappa shape index (κ1) is 16.2. The Labute approximate surface area is 140 Å². The van der Waals surface area contributed by atoms with Crippen molar-refractivity contribution in [2.45, 2.75) is 19.3 Å². The van der Waals surface area contributed by atoms with Gasteiger partial charge in [-0.25, -0.2) is 0 Å². The monoisotopic (exact) mass is 308 g/mol. The van der Waals surface area contributed by atoms with Crippen molar-refractivity contribution in [3.8, 4) is 0 Å². The molecule has 1 heterocycles. The van der Waals surface area contributed by atoms with Gasteiger partial charge in [-0.1, -0.05) is 67.6 Å². The summed E-state index contributed by atoms with van der Waals surface area (Å²) in [5, 5.41) is 0. The van der Waals surface area contributed by atoms with Crippen molar-refractivity contribution in [2.75, 3.05) is 39.3 Å². The molecule has 1 aliphatic heterocycles. The molecular formula is C21H28N2. The molecule has 0 saturated carbocycles. The van der Waals surface area contributed by atoms with Gasteiger partial charge in [-0.2, -0.15) is 0 Å². The average molecular weight is 308 g/mol. The van der Waals surface area contributed by atoms with E-state index in [0.29, 0.717) is 5.92 Å². The molecule has 1 saturated heterocycles. The maximum atomic E-state index is 2.63. The van der Waals surface area contributed by atoms with Crippen molar-refractivity contribution < 1.29 is 0 Å². The van der Waals surface area contributed by atoms with E-state index in [9.17, 15) is 0 Å². The molecule has 0 unspecified atom stereocenters. The topological polar surface area (TPSA) is 6.48 Å². The highest BCUT2D eigenvalue weighted by molar-refractivity contribution is 5.32. The van der Waals surface area contributed by atoms with Gasteiger partial charge in [-0.15, -0.1) is 0 Å². The predicted octanol–water partition coefficient (Wildman–Crippen LogP) is 3.85. The maximum absolute atomic E-state index is 2.63. The van der Waals surface area contributed by atoms with Crippen LogP contribution in [0.4, 0.5) is 0 Å². The fourth-order valence-corrected chi connectivity index (χ4v) is 3.54. The molecule has 2 aromatic carbocycles. The molecule has 0 bridgehead atoms. The quantitative estimate of drug-likeness (QED) is 0.800. The second kappa shape index (κ2) is 8.28. The van der Waals surface area contributed by atoms with Crippen molar-refractivity contribution in [1.29, 1.82) is 0 Å².